The quantitative estimate of drug-likeness (QED) is 0.578. The van der Waals surface area contributed by atoms with Gasteiger partial charge in [0.15, 0.2) is 0 Å². The normalized spacial score (nSPS) is 22.2. The summed E-state index contributed by atoms with van der Waals surface area (Å²) in [4.78, 5) is 34.7. The zero-order valence-corrected chi connectivity index (χ0v) is 20.9. The third kappa shape index (κ3) is 4.34. The molecule has 8 nitrogen and oxygen atoms in total. The lowest BCUT2D eigenvalue weighted by Gasteiger charge is -2.30. The lowest BCUT2D eigenvalue weighted by atomic mass is 9.90. The number of aliphatic hydroxyl groups excluding tert-OH is 1. The monoisotopic (exact) mass is 501 g/mol. The number of hydrogen-bond donors (Lipinski definition) is 1. The molecule has 3 aliphatic heterocycles. The van der Waals surface area contributed by atoms with Gasteiger partial charge in [0.1, 0.15) is 23.1 Å². The molecule has 2 fully saturated rings. The molecule has 1 spiro atoms. The Morgan fingerprint density at radius 3 is 2.59 bits per heavy atom. The zero-order valence-electron chi connectivity index (χ0n) is 20.9. The number of ether oxygens (including phenoxy) is 1. The van der Waals surface area contributed by atoms with Crippen LogP contribution in [0, 0.1) is 5.92 Å². The molecule has 2 amide bonds. The molecule has 37 heavy (non-hydrogen) atoms. The number of likely N-dealkylation sites (tertiary alicyclic amines) is 1. The van der Waals surface area contributed by atoms with E-state index >= 15 is 0 Å². The number of hydrogen-bond acceptors (Lipinski definition) is 6. The van der Waals surface area contributed by atoms with Crippen LogP contribution in [0.2, 0.25) is 0 Å². The standard InChI is InChI=1S/C29H31N3O5/c1-19(33)27(34)31-12-8-20(17-31)18-32-26(30-29(28(32)35)10-14-36-15-11-29)22-4-2-21(3-5-22)23-6-7-25-24(16-23)9-13-37-25/h2-7,9,13,16,19-20,33H,8,10-12,14-15,17-18H2,1H3/t19?,20-/m1/s1. The van der Waals surface area contributed by atoms with Crippen LogP contribution in [0.5, 0.6) is 0 Å². The molecule has 0 saturated carbocycles. The van der Waals surface area contributed by atoms with E-state index in [0.717, 1.165) is 34.1 Å². The number of rotatable bonds is 5. The van der Waals surface area contributed by atoms with Crippen molar-refractivity contribution in [2.45, 2.75) is 37.8 Å². The maximum atomic E-state index is 13.8. The second-order valence-electron chi connectivity index (χ2n) is 10.4. The molecule has 8 heteroatoms. The first-order valence-electron chi connectivity index (χ1n) is 13.0. The predicted molar refractivity (Wildman–Crippen MR) is 139 cm³/mol. The van der Waals surface area contributed by atoms with Gasteiger partial charge in [0.2, 0.25) is 0 Å². The molecule has 0 bridgehead atoms. The van der Waals surface area contributed by atoms with E-state index in [0.29, 0.717) is 51.5 Å². The number of aliphatic hydroxyl groups is 1. The number of amides is 2. The molecule has 2 aromatic carbocycles. The summed E-state index contributed by atoms with van der Waals surface area (Å²) in [6.45, 7) is 4.17. The van der Waals surface area contributed by atoms with Crippen molar-refractivity contribution in [3.8, 4) is 11.1 Å². The average Bonchev–Trinajstić information content (AvgIpc) is 3.64. The lowest BCUT2D eigenvalue weighted by Crippen LogP contribution is -2.47. The smallest absolute Gasteiger partial charge is 0.256 e. The van der Waals surface area contributed by atoms with Crippen LogP contribution < -0.4 is 0 Å². The highest BCUT2D eigenvalue weighted by molar-refractivity contribution is 6.15. The third-order valence-corrected chi connectivity index (χ3v) is 7.86. The Bertz CT molecular complexity index is 1350. The first-order chi connectivity index (χ1) is 17.9. The lowest BCUT2D eigenvalue weighted by molar-refractivity contribution is -0.138. The fourth-order valence-corrected chi connectivity index (χ4v) is 5.75. The van der Waals surface area contributed by atoms with Gasteiger partial charge in [-0.3, -0.25) is 19.5 Å². The first-order valence-corrected chi connectivity index (χ1v) is 13.0. The van der Waals surface area contributed by atoms with Crippen LogP contribution in [0.1, 0.15) is 31.7 Å². The van der Waals surface area contributed by atoms with E-state index < -0.39 is 11.6 Å². The molecule has 2 saturated heterocycles. The van der Waals surface area contributed by atoms with Crippen LogP contribution in [0.4, 0.5) is 0 Å². The van der Waals surface area contributed by atoms with Crippen molar-refractivity contribution in [2.24, 2.45) is 10.9 Å². The van der Waals surface area contributed by atoms with Crippen molar-refractivity contribution >= 4 is 28.6 Å². The summed E-state index contributed by atoms with van der Waals surface area (Å²) in [5.41, 5.74) is 3.16. The van der Waals surface area contributed by atoms with Crippen molar-refractivity contribution in [1.29, 1.82) is 0 Å². The number of carbonyl (C=O) groups excluding carboxylic acids is 2. The highest BCUT2D eigenvalue weighted by Crippen LogP contribution is 2.36. The van der Waals surface area contributed by atoms with Crippen LogP contribution in [0.3, 0.4) is 0 Å². The molecule has 3 aliphatic rings. The van der Waals surface area contributed by atoms with Crippen LogP contribution in [-0.4, -0.2) is 77.0 Å². The van der Waals surface area contributed by atoms with Gasteiger partial charge in [-0.1, -0.05) is 30.3 Å². The van der Waals surface area contributed by atoms with Crippen molar-refractivity contribution in [2.75, 3.05) is 32.8 Å². The van der Waals surface area contributed by atoms with Crippen molar-refractivity contribution in [3.63, 3.8) is 0 Å². The molecule has 0 aliphatic carbocycles. The summed E-state index contributed by atoms with van der Waals surface area (Å²) in [5.74, 6) is 0.603. The Hall–Kier alpha value is -3.49. The van der Waals surface area contributed by atoms with E-state index in [1.165, 1.54) is 6.92 Å². The highest BCUT2D eigenvalue weighted by Gasteiger charge is 2.50. The predicted octanol–water partition coefficient (Wildman–Crippen LogP) is 3.47. The maximum Gasteiger partial charge on any atom is 0.256 e. The first kappa shape index (κ1) is 23.9. The molecular weight excluding hydrogens is 470 g/mol. The van der Waals surface area contributed by atoms with Gasteiger partial charge in [-0.25, -0.2) is 0 Å². The van der Waals surface area contributed by atoms with E-state index in [2.05, 4.69) is 18.2 Å². The summed E-state index contributed by atoms with van der Waals surface area (Å²) < 4.78 is 11.0. The summed E-state index contributed by atoms with van der Waals surface area (Å²) in [7, 11) is 0. The Labute approximate surface area is 215 Å². The number of benzene rings is 2. The molecule has 192 valence electrons. The van der Waals surface area contributed by atoms with Crippen molar-refractivity contribution < 1.29 is 23.8 Å². The van der Waals surface area contributed by atoms with Crippen LogP contribution >= 0.6 is 0 Å². The van der Waals surface area contributed by atoms with E-state index in [9.17, 15) is 14.7 Å². The zero-order chi connectivity index (χ0) is 25.6. The third-order valence-electron chi connectivity index (χ3n) is 7.86. The second kappa shape index (κ2) is 9.43. The molecule has 2 atom stereocenters. The van der Waals surface area contributed by atoms with Crippen LogP contribution in [0.15, 0.2) is 64.2 Å². The Morgan fingerprint density at radius 2 is 1.84 bits per heavy atom. The molecular formula is C29H31N3O5. The van der Waals surface area contributed by atoms with Crippen LogP contribution in [0.25, 0.3) is 22.1 Å². The Balaban J connectivity index is 1.27. The number of carbonyl (C=O) groups is 2. The fraction of sp³-hybridized carbons (Fsp3) is 0.414. The molecule has 6 rings (SSSR count). The van der Waals surface area contributed by atoms with E-state index in [1.54, 1.807) is 11.2 Å². The van der Waals surface area contributed by atoms with Gasteiger partial charge in [-0.2, -0.15) is 0 Å². The summed E-state index contributed by atoms with van der Waals surface area (Å²) in [6, 6.07) is 16.3. The van der Waals surface area contributed by atoms with Gasteiger partial charge in [-0.05, 0) is 48.6 Å². The summed E-state index contributed by atoms with van der Waals surface area (Å²) in [6.07, 6.45) is 2.62. The molecule has 3 aromatic rings. The van der Waals surface area contributed by atoms with Gasteiger partial charge >= 0.3 is 0 Å². The summed E-state index contributed by atoms with van der Waals surface area (Å²) in [5, 5.41) is 10.8. The number of fused-ring (bicyclic) bond motifs is 1. The minimum absolute atomic E-state index is 0.0283. The highest BCUT2D eigenvalue weighted by atomic mass is 16.5. The van der Waals surface area contributed by atoms with Gasteiger partial charge in [0.25, 0.3) is 11.8 Å². The minimum Gasteiger partial charge on any atom is -0.464 e. The number of amidine groups is 1. The Morgan fingerprint density at radius 1 is 1.11 bits per heavy atom. The van der Waals surface area contributed by atoms with E-state index in [4.69, 9.17) is 14.1 Å². The largest absolute Gasteiger partial charge is 0.464 e. The van der Waals surface area contributed by atoms with E-state index in [1.807, 2.05) is 35.2 Å². The SMILES string of the molecule is CC(O)C(=O)N1CC[C@@H](CN2C(=O)C3(CCOCC3)N=C2c2ccc(-c3ccc4occc4c3)cc2)C1. The topological polar surface area (TPSA) is 95.6 Å². The number of aliphatic imine (C=N–C) groups is 1. The van der Waals surface area contributed by atoms with Gasteiger partial charge in [0.05, 0.1) is 6.26 Å². The average molecular weight is 502 g/mol. The van der Waals surface area contributed by atoms with Gasteiger partial charge in [-0.15, -0.1) is 0 Å². The molecule has 0 radical (unpaired) electrons. The van der Waals surface area contributed by atoms with Crippen LogP contribution in [-0.2, 0) is 14.3 Å². The molecule has 1 unspecified atom stereocenters. The van der Waals surface area contributed by atoms with Gasteiger partial charge < -0.3 is 19.2 Å². The fourth-order valence-electron chi connectivity index (χ4n) is 5.75. The molecule has 4 heterocycles. The molecule has 1 aromatic heterocycles. The maximum absolute atomic E-state index is 13.8. The van der Waals surface area contributed by atoms with Crippen molar-refractivity contribution in [1.82, 2.24) is 9.80 Å². The summed E-state index contributed by atoms with van der Waals surface area (Å²) >= 11 is 0. The Kier molecular flexibility index (Phi) is 6.09. The second-order valence-corrected chi connectivity index (χ2v) is 10.4. The van der Waals surface area contributed by atoms with E-state index in [-0.39, 0.29) is 17.7 Å². The molecule has 1 N–H and O–H groups in total. The number of nitrogens with zero attached hydrogens (tertiary/aromatic N) is 3. The number of furan rings is 1. The van der Waals surface area contributed by atoms with Gasteiger partial charge in [0, 0.05) is 56.6 Å². The van der Waals surface area contributed by atoms with Crippen molar-refractivity contribution in [3.05, 3.63) is 60.4 Å². The minimum atomic E-state index is -1.01.